The van der Waals surface area contributed by atoms with E-state index in [-0.39, 0.29) is 37.2 Å². The van der Waals surface area contributed by atoms with Crippen molar-refractivity contribution in [3.05, 3.63) is 77.2 Å². The van der Waals surface area contributed by atoms with Gasteiger partial charge in [0, 0.05) is 23.9 Å². The molecule has 0 atom stereocenters. The molecule has 2 aromatic carbocycles. The Kier molecular flexibility index (Phi) is 9.91. The van der Waals surface area contributed by atoms with E-state index in [9.17, 15) is 14.3 Å². The number of hydrogen-bond acceptors (Lipinski definition) is 8. The molecule has 0 aliphatic carbocycles. The Labute approximate surface area is 198 Å². The smallest absolute Gasteiger partial charge is 0.343 e. The third-order valence-electron chi connectivity index (χ3n) is 4.91. The van der Waals surface area contributed by atoms with Crippen molar-refractivity contribution in [3.8, 4) is 0 Å². The van der Waals surface area contributed by atoms with Crippen LogP contribution in [0.2, 0.25) is 0 Å². The first-order valence-electron chi connectivity index (χ1n) is 10.8. The number of halogens is 1. The molecular formula is C25H31FN4O4. The first kappa shape index (κ1) is 26.7. The van der Waals surface area contributed by atoms with E-state index < -0.39 is 17.2 Å². The molecule has 0 amide bonds. The van der Waals surface area contributed by atoms with Crippen molar-refractivity contribution in [2.75, 3.05) is 30.9 Å². The second kappa shape index (κ2) is 12.6. The first-order chi connectivity index (χ1) is 16.2. The minimum Gasteiger partial charge on any atom is -0.462 e. The molecule has 5 N–H and O–H groups in total. The molecule has 0 unspecified atom stereocenters. The number of benzene rings is 2. The molecule has 3 aromatic rings. The normalized spacial score (nSPS) is 10.8. The molecule has 0 saturated heterocycles. The number of nitrogen functional groups attached to an aromatic ring is 1. The standard InChI is InChI=1S/C17H21FN4O3.C8H10O/c1-4-25-15(24)11-8-20-16(22-14(11)19)21-10-5-6-12(13(18)7-10)17(2,3)9-23;9-7-6-8-4-2-1-3-5-8/h5-8,23H,4,9H2,1-3H3,(H3,19,20,21,22);1-5,9H,6-7H2. The minimum absolute atomic E-state index is 0.0329. The second-order valence-corrected chi connectivity index (χ2v) is 8.03. The Morgan fingerprint density at radius 2 is 1.88 bits per heavy atom. The SMILES string of the molecule is CCOC(=O)c1cnc(Nc2ccc(C(C)(C)CO)c(F)c2)nc1N.OCCc1ccccc1. The van der Waals surface area contributed by atoms with Crippen LogP contribution < -0.4 is 11.1 Å². The zero-order valence-corrected chi connectivity index (χ0v) is 19.6. The summed E-state index contributed by atoms with van der Waals surface area (Å²) in [5.74, 6) is -0.970. The highest BCUT2D eigenvalue weighted by Crippen LogP contribution is 2.28. The summed E-state index contributed by atoms with van der Waals surface area (Å²) in [6, 6.07) is 14.5. The topological polar surface area (TPSA) is 131 Å². The maximum absolute atomic E-state index is 14.3. The average Bonchev–Trinajstić information content (AvgIpc) is 2.80. The fourth-order valence-corrected chi connectivity index (χ4v) is 2.95. The molecule has 9 heteroatoms. The first-order valence-corrected chi connectivity index (χ1v) is 10.8. The summed E-state index contributed by atoms with van der Waals surface area (Å²) in [5.41, 5.74) is 7.13. The highest BCUT2D eigenvalue weighted by atomic mass is 19.1. The van der Waals surface area contributed by atoms with Crippen LogP contribution in [-0.2, 0) is 16.6 Å². The van der Waals surface area contributed by atoms with Gasteiger partial charge in [-0.05, 0) is 36.6 Å². The summed E-state index contributed by atoms with van der Waals surface area (Å²) in [6.45, 7) is 5.46. The Bertz CT molecular complexity index is 1080. The number of aliphatic hydroxyl groups excluding tert-OH is 2. The number of anilines is 3. The number of ether oxygens (including phenoxy) is 1. The van der Waals surface area contributed by atoms with Crippen molar-refractivity contribution < 1.29 is 24.1 Å². The summed E-state index contributed by atoms with van der Waals surface area (Å²) in [5, 5.41) is 20.7. The van der Waals surface area contributed by atoms with Crippen molar-refractivity contribution in [1.82, 2.24) is 9.97 Å². The Morgan fingerprint density at radius 1 is 1.18 bits per heavy atom. The predicted molar refractivity (Wildman–Crippen MR) is 129 cm³/mol. The van der Waals surface area contributed by atoms with Crippen LogP contribution in [0.1, 0.15) is 42.3 Å². The van der Waals surface area contributed by atoms with Crippen LogP contribution in [0.4, 0.5) is 21.8 Å². The van der Waals surface area contributed by atoms with Crippen LogP contribution >= 0.6 is 0 Å². The Hall–Kier alpha value is -3.56. The largest absolute Gasteiger partial charge is 0.462 e. The van der Waals surface area contributed by atoms with Crippen molar-refractivity contribution >= 4 is 23.4 Å². The predicted octanol–water partition coefficient (Wildman–Crippen LogP) is 3.61. The molecule has 0 aliphatic heterocycles. The van der Waals surface area contributed by atoms with Crippen LogP contribution in [0.3, 0.4) is 0 Å². The number of esters is 1. The third kappa shape index (κ3) is 7.50. The summed E-state index contributed by atoms with van der Waals surface area (Å²) in [6.07, 6.45) is 2.02. The van der Waals surface area contributed by atoms with Gasteiger partial charge in [-0.15, -0.1) is 0 Å². The van der Waals surface area contributed by atoms with Crippen LogP contribution in [-0.4, -0.2) is 46.0 Å². The van der Waals surface area contributed by atoms with Gasteiger partial charge in [0.25, 0.3) is 0 Å². The molecule has 1 heterocycles. The second-order valence-electron chi connectivity index (χ2n) is 8.03. The minimum atomic E-state index is -0.690. The number of carbonyl (C=O) groups excluding carboxylic acids is 1. The van der Waals surface area contributed by atoms with E-state index in [1.165, 1.54) is 17.8 Å². The fraction of sp³-hybridized carbons (Fsp3) is 0.320. The highest BCUT2D eigenvalue weighted by Gasteiger charge is 2.23. The van der Waals surface area contributed by atoms with Crippen LogP contribution in [0.15, 0.2) is 54.7 Å². The van der Waals surface area contributed by atoms with Gasteiger partial charge in [-0.1, -0.05) is 50.2 Å². The van der Waals surface area contributed by atoms with Crippen LogP contribution in [0.25, 0.3) is 0 Å². The number of hydrogen-bond donors (Lipinski definition) is 4. The van der Waals surface area contributed by atoms with Crippen molar-refractivity contribution in [2.45, 2.75) is 32.6 Å². The quantitative estimate of drug-likeness (QED) is 0.367. The molecule has 0 aliphatic rings. The third-order valence-corrected chi connectivity index (χ3v) is 4.91. The summed E-state index contributed by atoms with van der Waals surface area (Å²) < 4.78 is 19.1. The lowest BCUT2D eigenvalue weighted by Crippen LogP contribution is -2.23. The van der Waals surface area contributed by atoms with E-state index in [0.29, 0.717) is 11.3 Å². The average molecular weight is 471 g/mol. The van der Waals surface area contributed by atoms with Crippen LogP contribution in [0.5, 0.6) is 0 Å². The zero-order chi connectivity index (χ0) is 25.1. The number of rotatable bonds is 8. The Morgan fingerprint density at radius 3 is 2.44 bits per heavy atom. The number of nitrogens with zero attached hydrogens (tertiary/aromatic N) is 2. The molecule has 0 spiro atoms. The van der Waals surface area contributed by atoms with E-state index in [1.807, 2.05) is 30.3 Å². The van der Waals surface area contributed by atoms with E-state index >= 15 is 0 Å². The van der Waals surface area contributed by atoms with E-state index in [4.69, 9.17) is 15.6 Å². The highest BCUT2D eigenvalue weighted by molar-refractivity contribution is 5.93. The van der Waals surface area contributed by atoms with Crippen molar-refractivity contribution in [3.63, 3.8) is 0 Å². The number of nitrogens with one attached hydrogen (secondary N) is 1. The van der Waals surface area contributed by atoms with Gasteiger partial charge in [0.1, 0.15) is 17.2 Å². The van der Waals surface area contributed by atoms with Crippen molar-refractivity contribution in [1.29, 1.82) is 0 Å². The van der Waals surface area contributed by atoms with Crippen LogP contribution in [0, 0.1) is 5.82 Å². The zero-order valence-electron chi connectivity index (χ0n) is 19.6. The lowest BCUT2D eigenvalue weighted by Gasteiger charge is -2.23. The van der Waals surface area contributed by atoms with Gasteiger partial charge in [0.2, 0.25) is 5.95 Å². The van der Waals surface area contributed by atoms with Crippen molar-refractivity contribution in [2.24, 2.45) is 0 Å². The van der Waals surface area contributed by atoms with Gasteiger partial charge in [0.05, 0.1) is 13.2 Å². The van der Waals surface area contributed by atoms with E-state index in [0.717, 1.165) is 6.42 Å². The molecule has 0 radical (unpaired) electrons. The van der Waals surface area contributed by atoms with Gasteiger partial charge in [-0.25, -0.2) is 14.2 Å². The van der Waals surface area contributed by atoms with Gasteiger partial charge >= 0.3 is 5.97 Å². The van der Waals surface area contributed by atoms with E-state index in [1.54, 1.807) is 32.9 Å². The molecular weight excluding hydrogens is 439 g/mol. The lowest BCUT2D eigenvalue weighted by molar-refractivity contribution is 0.0527. The molecule has 0 saturated carbocycles. The fourth-order valence-electron chi connectivity index (χ4n) is 2.95. The molecule has 34 heavy (non-hydrogen) atoms. The summed E-state index contributed by atoms with van der Waals surface area (Å²) in [7, 11) is 0. The summed E-state index contributed by atoms with van der Waals surface area (Å²) >= 11 is 0. The van der Waals surface area contributed by atoms with E-state index in [2.05, 4.69) is 15.3 Å². The number of aromatic nitrogens is 2. The van der Waals surface area contributed by atoms with Gasteiger partial charge in [-0.3, -0.25) is 0 Å². The molecule has 182 valence electrons. The summed E-state index contributed by atoms with van der Waals surface area (Å²) in [4.78, 5) is 19.6. The number of nitrogens with two attached hydrogens (primary N) is 1. The van der Waals surface area contributed by atoms with Gasteiger partial charge in [0.15, 0.2) is 0 Å². The van der Waals surface area contributed by atoms with Gasteiger partial charge in [-0.2, -0.15) is 4.98 Å². The maximum atomic E-state index is 14.3. The lowest BCUT2D eigenvalue weighted by atomic mass is 9.85. The molecule has 1 aromatic heterocycles. The molecule has 0 bridgehead atoms. The maximum Gasteiger partial charge on any atom is 0.343 e. The molecule has 8 nitrogen and oxygen atoms in total. The monoisotopic (exact) mass is 470 g/mol. The molecule has 3 rings (SSSR count). The van der Waals surface area contributed by atoms with Gasteiger partial charge < -0.3 is 26.0 Å². The number of aliphatic hydroxyl groups is 2. The Balaban J connectivity index is 0.000000379. The molecule has 0 fully saturated rings. The number of carbonyl (C=O) groups is 1.